The Hall–Kier alpha value is -1.46. The molecule has 0 aliphatic carbocycles. The van der Waals surface area contributed by atoms with Crippen LogP contribution in [0.4, 0.5) is 5.69 Å². The van der Waals surface area contributed by atoms with Gasteiger partial charge in [0.15, 0.2) is 0 Å². The SMILES string of the molecule is CN(Cc1cscn1)c1cnccc1CNC(C)(C)C. The minimum absolute atomic E-state index is 0.105. The zero-order valence-corrected chi connectivity index (χ0v) is 13.4. The molecule has 5 heteroatoms. The molecule has 20 heavy (non-hydrogen) atoms. The van der Waals surface area contributed by atoms with Crippen molar-refractivity contribution in [2.75, 3.05) is 11.9 Å². The zero-order chi connectivity index (χ0) is 14.6. The lowest BCUT2D eigenvalue weighted by atomic mass is 10.1. The maximum atomic E-state index is 4.34. The van der Waals surface area contributed by atoms with Gasteiger partial charge in [-0.2, -0.15) is 0 Å². The number of aromatic nitrogens is 2. The first-order valence-electron chi connectivity index (χ1n) is 6.72. The Labute approximate surface area is 124 Å². The predicted molar refractivity (Wildman–Crippen MR) is 85.1 cm³/mol. The first kappa shape index (κ1) is 14.9. The molecular weight excluding hydrogens is 268 g/mol. The van der Waals surface area contributed by atoms with Crippen molar-refractivity contribution in [3.63, 3.8) is 0 Å². The average Bonchev–Trinajstić information content (AvgIpc) is 2.88. The predicted octanol–water partition coefficient (Wildman–Crippen LogP) is 3.06. The van der Waals surface area contributed by atoms with Crippen LogP contribution in [0.3, 0.4) is 0 Å². The lowest BCUT2D eigenvalue weighted by Crippen LogP contribution is -2.35. The van der Waals surface area contributed by atoms with E-state index in [1.165, 1.54) is 5.56 Å². The molecular formula is C15H22N4S. The van der Waals surface area contributed by atoms with Crippen molar-refractivity contribution in [3.8, 4) is 0 Å². The molecule has 0 saturated carbocycles. The lowest BCUT2D eigenvalue weighted by molar-refractivity contribution is 0.424. The number of hydrogen-bond acceptors (Lipinski definition) is 5. The van der Waals surface area contributed by atoms with Crippen LogP contribution < -0.4 is 10.2 Å². The molecule has 108 valence electrons. The fourth-order valence-electron chi connectivity index (χ4n) is 1.91. The third kappa shape index (κ3) is 4.28. The van der Waals surface area contributed by atoms with Gasteiger partial charge in [0.25, 0.3) is 0 Å². The molecule has 2 aromatic rings. The van der Waals surface area contributed by atoms with E-state index in [0.717, 1.165) is 24.5 Å². The fourth-order valence-corrected chi connectivity index (χ4v) is 2.46. The molecule has 2 aromatic heterocycles. The number of nitrogens with zero attached hydrogens (tertiary/aromatic N) is 3. The highest BCUT2D eigenvalue weighted by molar-refractivity contribution is 7.07. The summed E-state index contributed by atoms with van der Waals surface area (Å²) in [6.45, 7) is 8.16. The van der Waals surface area contributed by atoms with Gasteiger partial charge in [-0.15, -0.1) is 11.3 Å². The molecule has 0 unspecified atom stereocenters. The lowest BCUT2D eigenvalue weighted by Gasteiger charge is -2.25. The van der Waals surface area contributed by atoms with Crippen molar-refractivity contribution in [3.05, 3.63) is 40.6 Å². The Kier molecular flexibility index (Phi) is 4.73. The molecule has 4 nitrogen and oxygen atoms in total. The Morgan fingerprint density at radius 1 is 1.35 bits per heavy atom. The second-order valence-corrected chi connectivity index (χ2v) is 6.66. The third-order valence-corrected chi connectivity index (χ3v) is 3.63. The molecule has 1 N–H and O–H groups in total. The van der Waals surface area contributed by atoms with Crippen molar-refractivity contribution in [2.24, 2.45) is 0 Å². The second-order valence-electron chi connectivity index (χ2n) is 5.94. The van der Waals surface area contributed by atoms with Gasteiger partial charge in [-0.25, -0.2) is 4.98 Å². The summed E-state index contributed by atoms with van der Waals surface area (Å²) in [6.07, 6.45) is 3.77. The minimum atomic E-state index is 0.105. The number of thiazole rings is 1. The molecule has 0 spiro atoms. The van der Waals surface area contributed by atoms with Crippen molar-refractivity contribution < 1.29 is 0 Å². The van der Waals surface area contributed by atoms with Crippen LogP contribution in [0.1, 0.15) is 32.0 Å². The first-order valence-corrected chi connectivity index (χ1v) is 7.66. The van der Waals surface area contributed by atoms with Gasteiger partial charge in [0, 0.05) is 30.7 Å². The maximum Gasteiger partial charge on any atom is 0.0795 e. The van der Waals surface area contributed by atoms with E-state index in [1.54, 1.807) is 11.3 Å². The summed E-state index contributed by atoms with van der Waals surface area (Å²) in [7, 11) is 2.08. The van der Waals surface area contributed by atoms with Gasteiger partial charge in [0.2, 0.25) is 0 Å². The average molecular weight is 290 g/mol. The van der Waals surface area contributed by atoms with Crippen LogP contribution in [0.2, 0.25) is 0 Å². The minimum Gasteiger partial charge on any atom is -0.367 e. The zero-order valence-electron chi connectivity index (χ0n) is 12.6. The normalized spacial score (nSPS) is 11.6. The van der Waals surface area contributed by atoms with Gasteiger partial charge in [0.05, 0.1) is 29.6 Å². The van der Waals surface area contributed by atoms with Gasteiger partial charge in [-0.05, 0) is 32.4 Å². The molecule has 0 aromatic carbocycles. The van der Waals surface area contributed by atoms with Crippen LogP contribution >= 0.6 is 11.3 Å². The second kappa shape index (κ2) is 6.33. The highest BCUT2D eigenvalue weighted by atomic mass is 32.1. The summed E-state index contributed by atoms with van der Waals surface area (Å²) in [4.78, 5) is 10.8. The molecule has 2 rings (SSSR count). The van der Waals surface area contributed by atoms with E-state index in [0.29, 0.717) is 0 Å². The first-order chi connectivity index (χ1) is 9.46. The van der Waals surface area contributed by atoms with Crippen LogP contribution in [-0.4, -0.2) is 22.6 Å². The van der Waals surface area contributed by atoms with Gasteiger partial charge >= 0.3 is 0 Å². The number of anilines is 1. The van der Waals surface area contributed by atoms with Crippen LogP contribution in [0.25, 0.3) is 0 Å². The smallest absolute Gasteiger partial charge is 0.0795 e. The van der Waals surface area contributed by atoms with Crippen LogP contribution in [0, 0.1) is 0 Å². The summed E-state index contributed by atoms with van der Waals surface area (Å²) in [5.41, 5.74) is 5.48. The number of pyridine rings is 1. The van der Waals surface area contributed by atoms with E-state index in [-0.39, 0.29) is 5.54 Å². The van der Waals surface area contributed by atoms with Crippen molar-refractivity contribution in [1.82, 2.24) is 15.3 Å². The Morgan fingerprint density at radius 3 is 2.80 bits per heavy atom. The van der Waals surface area contributed by atoms with E-state index in [1.807, 2.05) is 17.9 Å². The van der Waals surface area contributed by atoms with Gasteiger partial charge in [-0.3, -0.25) is 4.98 Å². The third-order valence-electron chi connectivity index (χ3n) is 2.99. The molecule has 0 fully saturated rings. The molecule has 2 heterocycles. The quantitative estimate of drug-likeness (QED) is 0.919. The molecule has 0 aliphatic heterocycles. The van der Waals surface area contributed by atoms with Crippen molar-refractivity contribution in [2.45, 2.75) is 39.4 Å². The van der Waals surface area contributed by atoms with Gasteiger partial charge in [-0.1, -0.05) is 0 Å². The molecule has 0 radical (unpaired) electrons. The van der Waals surface area contributed by atoms with Crippen molar-refractivity contribution in [1.29, 1.82) is 0 Å². The number of nitrogens with one attached hydrogen (secondary N) is 1. The number of hydrogen-bond donors (Lipinski definition) is 1. The molecule has 0 saturated heterocycles. The standard InChI is InChI=1S/C15H22N4S/c1-15(2,3)18-7-12-5-6-16-8-14(12)19(4)9-13-10-20-11-17-13/h5-6,8,10-11,18H,7,9H2,1-4H3. The summed E-state index contributed by atoms with van der Waals surface area (Å²) in [6, 6.07) is 2.08. The molecule has 0 amide bonds. The number of rotatable bonds is 5. The molecule has 0 bridgehead atoms. The van der Waals surface area contributed by atoms with E-state index < -0.39 is 0 Å². The summed E-state index contributed by atoms with van der Waals surface area (Å²) < 4.78 is 0. The largest absolute Gasteiger partial charge is 0.367 e. The topological polar surface area (TPSA) is 41.1 Å². The van der Waals surface area contributed by atoms with Crippen LogP contribution in [-0.2, 0) is 13.1 Å². The summed E-state index contributed by atoms with van der Waals surface area (Å²) in [5, 5.41) is 5.61. The van der Waals surface area contributed by atoms with E-state index in [4.69, 9.17) is 0 Å². The Bertz CT molecular complexity index is 531. The molecule has 0 aliphatic rings. The molecule has 0 atom stereocenters. The van der Waals surface area contributed by atoms with E-state index in [9.17, 15) is 0 Å². The van der Waals surface area contributed by atoms with Crippen LogP contribution in [0.5, 0.6) is 0 Å². The summed E-state index contributed by atoms with van der Waals surface area (Å²) >= 11 is 1.63. The van der Waals surface area contributed by atoms with Crippen LogP contribution in [0.15, 0.2) is 29.4 Å². The van der Waals surface area contributed by atoms with E-state index in [2.05, 4.69) is 59.4 Å². The Balaban J connectivity index is 2.10. The van der Waals surface area contributed by atoms with E-state index >= 15 is 0 Å². The fraction of sp³-hybridized carbons (Fsp3) is 0.467. The highest BCUT2D eigenvalue weighted by Gasteiger charge is 2.13. The maximum absolute atomic E-state index is 4.34. The van der Waals surface area contributed by atoms with Gasteiger partial charge < -0.3 is 10.2 Å². The Morgan fingerprint density at radius 2 is 2.15 bits per heavy atom. The highest BCUT2D eigenvalue weighted by Crippen LogP contribution is 2.20. The van der Waals surface area contributed by atoms with Crippen molar-refractivity contribution >= 4 is 17.0 Å². The monoisotopic (exact) mass is 290 g/mol. The summed E-state index contributed by atoms with van der Waals surface area (Å²) in [5.74, 6) is 0. The van der Waals surface area contributed by atoms with Gasteiger partial charge in [0.1, 0.15) is 0 Å².